The summed E-state index contributed by atoms with van der Waals surface area (Å²) in [6.45, 7) is 4.47. The normalized spacial score (nSPS) is 25.3. The van der Waals surface area contributed by atoms with Crippen LogP contribution in [0.3, 0.4) is 0 Å². The second-order valence-electron chi connectivity index (χ2n) is 9.86. The molecule has 2 N–H and O–H groups in total. The van der Waals surface area contributed by atoms with Crippen LogP contribution in [0.1, 0.15) is 62.7 Å². The summed E-state index contributed by atoms with van der Waals surface area (Å²) in [5.41, 5.74) is 2.41. The van der Waals surface area contributed by atoms with Gasteiger partial charge in [0.15, 0.2) is 0 Å². The number of hydrogen-bond donors (Lipinski definition) is 2. The van der Waals surface area contributed by atoms with Crippen molar-refractivity contribution >= 4 is 39.9 Å². The van der Waals surface area contributed by atoms with Crippen molar-refractivity contribution in [2.75, 3.05) is 17.3 Å². The van der Waals surface area contributed by atoms with E-state index in [-0.39, 0.29) is 18.2 Å². The van der Waals surface area contributed by atoms with Crippen LogP contribution in [0.5, 0.6) is 0 Å². The lowest BCUT2D eigenvalue weighted by molar-refractivity contribution is -0.134. The van der Waals surface area contributed by atoms with E-state index in [0.717, 1.165) is 28.6 Å². The van der Waals surface area contributed by atoms with Gasteiger partial charge >= 0.3 is 0 Å². The Morgan fingerprint density at radius 3 is 2.61 bits per heavy atom. The summed E-state index contributed by atoms with van der Waals surface area (Å²) in [5, 5.41) is 8.10. The summed E-state index contributed by atoms with van der Waals surface area (Å²) in [5.74, 6) is -0.847. The molecule has 0 spiro atoms. The molecule has 2 heterocycles. The van der Waals surface area contributed by atoms with Crippen molar-refractivity contribution < 1.29 is 14.4 Å². The minimum Gasteiger partial charge on any atom is -0.380 e. The molecule has 3 atom stereocenters. The Labute approximate surface area is 194 Å². The Morgan fingerprint density at radius 2 is 1.85 bits per heavy atom. The molecule has 1 unspecified atom stereocenters. The minimum absolute atomic E-state index is 0.169. The zero-order valence-electron chi connectivity index (χ0n) is 19.6. The summed E-state index contributed by atoms with van der Waals surface area (Å²) in [7, 11) is 2.21. The third-order valence-electron chi connectivity index (χ3n) is 7.66. The molecule has 0 aromatic heterocycles. The summed E-state index contributed by atoms with van der Waals surface area (Å²) in [6, 6.07) is 10.4. The van der Waals surface area contributed by atoms with Crippen LogP contribution in [0.2, 0.25) is 0 Å². The largest absolute Gasteiger partial charge is 0.380 e. The Balaban J connectivity index is 1.50. The van der Waals surface area contributed by atoms with Gasteiger partial charge in [0.05, 0.1) is 11.3 Å². The molecule has 7 heteroatoms. The SMILES string of the molecule is CC(C)N(C)[C@H]1CCCC[C@@H]1Nc1ccc2c3c(cccc13)N(C1CCC(=O)NC1=O)C2=O. The van der Waals surface area contributed by atoms with Crippen molar-refractivity contribution in [2.45, 2.75) is 76.5 Å². The fourth-order valence-corrected chi connectivity index (χ4v) is 5.72. The van der Waals surface area contributed by atoms with Crippen molar-refractivity contribution in [3.05, 3.63) is 35.9 Å². The van der Waals surface area contributed by atoms with Crippen LogP contribution in [0.25, 0.3) is 10.8 Å². The van der Waals surface area contributed by atoms with E-state index in [1.807, 2.05) is 24.3 Å². The Hall–Kier alpha value is -2.93. The highest BCUT2D eigenvalue weighted by molar-refractivity contribution is 6.28. The lowest BCUT2D eigenvalue weighted by Gasteiger charge is -2.41. The topological polar surface area (TPSA) is 81.8 Å². The number of hydrogen-bond acceptors (Lipinski definition) is 5. The first-order valence-corrected chi connectivity index (χ1v) is 12.1. The molecule has 5 rings (SSSR count). The number of rotatable bonds is 5. The Kier molecular flexibility index (Phi) is 5.60. The second kappa shape index (κ2) is 8.45. The number of piperidine rings is 1. The predicted molar refractivity (Wildman–Crippen MR) is 129 cm³/mol. The van der Waals surface area contributed by atoms with Crippen LogP contribution in [0.15, 0.2) is 30.3 Å². The number of carbonyl (C=O) groups is 3. The van der Waals surface area contributed by atoms with Gasteiger partial charge in [-0.25, -0.2) is 0 Å². The molecule has 2 aromatic carbocycles. The number of anilines is 2. The van der Waals surface area contributed by atoms with Gasteiger partial charge in [0, 0.05) is 41.0 Å². The highest BCUT2D eigenvalue weighted by atomic mass is 16.2. The average molecular weight is 449 g/mol. The van der Waals surface area contributed by atoms with Gasteiger partial charge in [-0.05, 0) is 58.4 Å². The van der Waals surface area contributed by atoms with E-state index in [1.54, 1.807) is 4.90 Å². The third-order valence-corrected chi connectivity index (χ3v) is 7.66. The lowest BCUT2D eigenvalue weighted by atomic mass is 9.88. The van der Waals surface area contributed by atoms with E-state index in [1.165, 1.54) is 19.3 Å². The highest BCUT2D eigenvalue weighted by Crippen LogP contribution is 2.42. The summed E-state index contributed by atoms with van der Waals surface area (Å²) >= 11 is 0. The standard InChI is InChI=1S/C26H32N4O3/c1-15(2)29(3)20-9-5-4-8-19(20)27-18-12-11-17-24-16(18)7-6-10-21(24)30(26(17)33)22-13-14-23(31)28-25(22)32/h6-7,10-12,15,19-20,22,27H,4-5,8-9,13-14H2,1-3H3,(H,28,31,32)/t19-,20-,22?/m0/s1. The number of likely N-dealkylation sites (N-methyl/N-ethyl adjacent to an activating group) is 1. The van der Waals surface area contributed by atoms with Crippen molar-refractivity contribution in [1.29, 1.82) is 0 Å². The number of benzene rings is 2. The monoisotopic (exact) mass is 448 g/mol. The van der Waals surface area contributed by atoms with Crippen molar-refractivity contribution in [3.63, 3.8) is 0 Å². The average Bonchev–Trinajstić information content (AvgIpc) is 3.08. The maximum Gasteiger partial charge on any atom is 0.259 e. The van der Waals surface area contributed by atoms with Crippen molar-refractivity contribution in [2.24, 2.45) is 0 Å². The molecule has 1 saturated carbocycles. The summed E-state index contributed by atoms with van der Waals surface area (Å²) in [4.78, 5) is 41.6. The molecule has 3 aliphatic rings. The van der Waals surface area contributed by atoms with Crippen LogP contribution in [-0.2, 0) is 9.59 Å². The summed E-state index contributed by atoms with van der Waals surface area (Å²) in [6.07, 6.45) is 5.34. The first-order chi connectivity index (χ1) is 15.9. The van der Waals surface area contributed by atoms with Gasteiger partial charge in [-0.2, -0.15) is 0 Å². The van der Waals surface area contributed by atoms with Gasteiger partial charge in [-0.3, -0.25) is 29.5 Å². The zero-order valence-corrected chi connectivity index (χ0v) is 19.6. The van der Waals surface area contributed by atoms with Crippen LogP contribution >= 0.6 is 0 Å². The third kappa shape index (κ3) is 3.68. The van der Waals surface area contributed by atoms with Crippen LogP contribution in [0.4, 0.5) is 11.4 Å². The fourth-order valence-electron chi connectivity index (χ4n) is 5.72. The molecule has 2 aliphatic heterocycles. The van der Waals surface area contributed by atoms with E-state index in [4.69, 9.17) is 0 Å². The van der Waals surface area contributed by atoms with E-state index in [0.29, 0.717) is 30.1 Å². The highest BCUT2D eigenvalue weighted by Gasteiger charge is 2.41. The van der Waals surface area contributed by atoms with Crippen molar-refractivity contribution in [3.8, 4) is 0 Å². The summed E-state index contributed by atoms with van der Waals surface area (Å²) < 4.78 is 0. The molecule has 1 saturated heterocycles. The van der Waals surface area contributed by atoms with Gasteiger partial charge in [0.2, 0.25) is 11.8 Å². The Bertz CT molecular complexity index is 1130. The van der Waals surface area contributed by atoms with E-state index >= 15 is 0 Å². The number of nitrogens with one attached hydrogen (secondary N) is 2. The van der Waals surface area contributed by atoms with Gasteiger partial charge < -0.3 is 5.32 Å². The lowest BCUT2D eigenvalue weighted by Crippen LogP contribution is -2.53. The van der Waals surface area contributed by atoms with E-state index in [2.05, 4.69) is 42.5 Å². The molecule has 3 amide bonds. The molecule has 2 fully saturated rings. The van der Waals surface area contributed by atoms with Crippen LogP contribution in [-0.4, -0.2) is 53.8 Å². The van der Waals surface area contributed by atoms with E-state index < -0.39 is 11.9 Å². The number of imide groups is 1. The van der Waals surface area contributed by atoms with Gasteiger partial charge in [-0.15, -0.1) is 0 Å². The quantitative estimate of drug-likeness (QED) is 0.682. The van der Waals surface area contributed by atoms with Crippen LogP contribution in [0, 0.1) is 0 Å². The van der Waals surface area contributed by atoms with Crippen LogP contribution < -0.4 is 15.5 Å². The molecule has 0 bridgehead atoms. The fraction of sp³-hybridized carbons (Fsp3) is 0.500. The molecule has 7 nitrogen and oxygen atoms in total. The maximum absolute atomic E-state index is 13.4. The van der Waals surface area contributed by atoms with Gasteiger partial charge in [0.25, 0.3) is 5.91 Å². The molecule has 1 aliphatic carbocycles. The first kappa shape index (κ1) is 21.9. The number of amides is 3. The smallest absolute Gasteiger partial charge is 0.259 e. The predicted octanol–water partition coefficient (Wildman–Crippen LogP) is 3.67. The number of carbonyl (C=O) groups excluding carboxylic acids is 3. The molecule has 0 radical (unpaired) electrons. The zero-order chi connectivity index (χ0) is 23.3. The van der Waals surface area contributed by atoms with E-state index in [9.17, 15) is 14.4 Å². The maximum atomic E-state index is 13.4. The second-order valence-corrected chi connectivity index (χ2v) is 9.86. The molecule has 33 heavy (non-hydrogen) atoms. The molecule has 2 aromatic rings. The van der Waals surface area contributed by atoms with Crippen molar-refractivity contribution in [1.82, 2.24) is 10.2 Å². The number of nitrogens with zero attached hydrogens (tertiary/aromatic N) is 2. The molecule has 174 valence electrons. The first-order valence-electron chi connectivity index (χ1n) is 12.1. The Morgan fingerprint density at radius 1 is 1.06 bits per heavy atom. The van der Waals surface area contributed by atoms with Gasteiger partial charge in [-0.1, -0.05) is 25.0 Å². The molecular formula is C26H32N4O3. The van der Waals surface area contributed by atoms with Gasteiger partial charge in [0.1, 0.15) is 6.04 Å². The molecular weight excluding hydrogens is 416 g/mol. The minimum atomic E-state index is -0.660.